The van der Waals surface area contributed by atoms with Gasteiger partial charge in [-0.2, -0.15) is 0 Å². The molecule has 1 amide bonds. The zero-order valence-corrected chi connectivity index (χ0v) is 18.1. The van der Waals surface area contributed by atoms with E-state index in [0.717, 1.165) is 39.1 Å². The number of carbonyl (C=O) groups is 1. The standard InChI is InChI=1S/C22H29N3O3S/c1-3-27-18-9-8-16(14-19(18)28-4-2)22(26)25-12-10-24(11-13-25)15-21-23-17-6-5-7-20(17)29-21/h8-9,14H,3-7,10-13,15H2,1-2H3. The van der Waals surface area contributed by atoms with Gasteiger partial charge in [0.1, 0.15) is 5.01 Å². The summed E-state index contributed by atoms with van der Waals surface area (Å²) in [4.78, 5) is 23.6. The van der Waals surface area contributed by atoms with Crippen LogP contribution in [0, 0.1) is 0 Å². The third-order valence-corrected chi connectivity index (χ3v) is 6.59. The molecule has 1 aliphatic heterocycles. The number of rotatable bonds is 7. The normalized spacial score (nSPS) is 16.7. The molecule has 2 aromatic rings. The van der Waals surface area contributed by atoms with Crippen LogP contribution in [0.1, 0.15) is 46.2 Å². The summed E-state index contributed by atoms with van der Waals surface area (Å²) >= 11 is 1.87. The summed E-state index contributed by atoms with van der Waals surface area (Å²) in [7, 11) is 0. The van der Waals surface area contributed by atoms with Crippen molar-refractivity contribution in [1.82, 2.24) is 14.8 Å². The van der Waals surface area contributed by atoms with Gasteiger partial charge >= 0.3 is 0 Å². The van der Waals surface area contributed by atoms with Crippen molar-refractivity contribution < 1.29 is 14.3 Å². The number of aryl methyl sites for hydroxylation is 2. The maximum Gasteiger partial charge on any atom is 0.254 e. The number of hydrogen-bond acceptors (Lipinski definition) is 6. The summed E-state index contributed by atoms with van der Waals surface area (Å²) in [6.45, 7) is 9.11. The average Bonchev–Trinajstić information content (AvgIpc) is 3.31. The van der Waals surface area contributed by atoms with Gasteiger partial charge in [0, 0.05) is 36.6 Å². The number of hydrogen-bond donors (Lipinski definition) is 0. The molecule has 0 saturated carbocycles. The number of aromatic nitrogens is 1. The first-order chi connectivity index (χ1) is 14.2. The number of nitrogens with zero attached hydrogens (tertiary/aromatic N) is 3. The largest absolute Gasteiger partial charge is 0.490 e. The van der Waals surface area contributed by atoms with Gasteiger partial charge in [-0.25, -0.2) is 4.98 Å². The van der Waals surface area contributed by atoms with E-state index in [9.17, 15) is 4.79 Å². The fraction of sp³-hybridized carbons (Fsp3) is 0.545. The second-order valence-electron chi connectivity index (χ2n) is 7.43. The molecule has 29 heavy (non-hydrogen) atoms. The van der Waals surface area contributed by atoms with Gasteiger partial charge in [0.05, 0.1) is 25.5 Å². The minimum absolute atomic E-state index is 0.0573. The van der Waals surface area contributed by atoms with Gasteiger partial charge < -0.3 is 14.4 Å². The molecule has 2 heterocycles. The van der Waals surface area contributed by atoms with Crippen LogP contribution in [0.4, 0.5) is 0 Å². The Morgan fingerprint density at radius 1 is 1.07 bits per heavy atom. The lowest BCUT2D eigenvalue weighted by atomic mass is 10.1. The van der Waals surface area contributed by atoms with Crippen LogP contribution in [0.25, 0.3) is 0 Å². The summed E-state index contributed by atoms with van der Waals surface area (Å²) in [6, 6.07) is 5.47. The number of thiazole rings is 1. The SMILES string of the molecule is CCOc1ccc(C(=O)N2CCN(Cc3nc4c(s3)CCC4)CC2)cc1OCC. The molecule has 1 aromatic heterocycles. The number of piperazine rings is 1. The van der Waals surface area contributed by atoms with E-state index in [0.29, 0.717) is 30.3 Å². The molecular weight excluding hydrogens is 386 g/mol. The molecule has 0 spiro atoms. The van der Waals surface area contributed by atoms with Crippen molar-refractivity contribution in [2.75, 3.05) is 39.4 Å². The Kier molecular flexibility index (Phi) is 6.35. The first-order valence-electron chi connectivity index (χ1n) is 10.6. The number of amides is 1. The minimum Gasteiger partial charge on any atom is -0.490 e. The third-order valence-electron chi connectivity index (χ3n) is 5.45. The second kappa shape index (κ2) is 9.13. The molecule has 156 valence electrons. The van der Waals surface area contributed by atoms with Crippen LogP contribution in [0.5, 0.6) is 11.5 Å². The van der Waals surface area contributed by atoms with Crippen molar-refractivity contribution >= 4 is 17.2 Å². The van der Waals surface area contributed by atoms with Crippen LogP contribution >= 0.6 is 11.3 Å². The third kappa shape index (κ3) is 4.56. The molecule has 6 nitrogen and oxygen atoms in total. The smallest absolute Gasteiger partial charge is 0.254 e. The predicted molar refractivity (Wildman–Crippen MR) is 114 cm³/mol. The van der Waals surface area contributed by atoms with Crippen molar-refractivity contribution in [3.05, 3.63) is 39.3 Å². The van der Waals surface area contributed by atoms with E-state index in [1.54, 1.807) is 6.07 Å². The van der Waals surface area contributed by atoms with E-state index in [1.165, 1.54) is 28.4 Å². The van der Waals surface area contributed by atoms with Crippen molar-refractivity contribution in [2.45, 2.75) is 39.7 Å². The number of fused-ring (bicyclic) bond motifs is 1. The highest BCUT2D eigenvalue weighted by Crippen LogP contribution is 2.30. The van der Waals surface area contributed by atoms with Crippen LogP contribution in [0.3, 0.4) is 0 Å². The molecule has 0 unspecified atom stereocenters. The van der Waals surface area contributed by atoms with Gasteiger partial charge in [0.2, 0.25) is 0 Å². The highest BCUT2D eigenvalue weighted by molar-refractivity contribution is 7.11. The molecule has 1 saturated heterocycles. The molecular formula is C22H29N3O3S. The Morgan fingerprint density at radius 3 is 2.55 bits per heavy atom. The molecule has 4 rings (SSSR count). The van der Waals surface area contributed by atoms with Crippen molar-refractivity contribution in [3.8, 4) is 11.5 Å². The fourth-order valence-corrected chi connectivity index (χ4v) is 5.18. The number of ether oxygens (including phenoxy) is 2. The molecule has 1 aromatic carbocycles. The van der Waals surface area contributed by atoms with Crippen molar-refractivity contribution in [1.29, 1.82) is 0 Å². The molecule has 0 N–H and O–H groups in total. The molecule has 2 aliphatic rings. The summed E-state index contributed by atoms with van der Waals surface area (Å²) in [5.74, 6) is 1.38. The zero-order chi connectivity index (χ0) is 20.2. The lowest BCUT2D eigenvalue weighted by Crippen LogP contribution is -2.48. The molecule has 1 fully saturated rings. The summed E-state index contributed by atoms with van der Waals surface area (Å²) in [5.41, 5.74) is 1.97. The van der Waals surface area contributed by atoms with E-state index in [-0.39, 0.29) is 5.91 Å². The molecule has 1 aliphatic carbocycles. The van der Waals surface area contributed by atoms with Gasteiger partial charge in [-0.1, -0.05) is 0 Å². The quantitative estimate of drug-likeness (QED) is 0.694. The Balaban J connectivity index is 1.35. The molecule has 7 heteroatoms. The van der Waals surface area contributed by atoms with E-state index < -0.39 is 0 Å². The lowest BCUT2D eigenvalue weighted by Gasteiger charge is -2.34. The van der Waals surface area contributed by atoms with Gasteiger partial charge in [0.15, 0.2) is 11.5 Å². The van der Waals surface area contributed by atoms with Crippen LogP contribution in [0.15, 0.2) is 18.2 Å². The van der Waals surface area contributed by atoms with Crippen LogP contribution in [-0.2, 0) is 19.4 Å². The van der Waals surface area contributed by atoms with Gasteiger partial charge in [0.25, 0.3) is 5.91 Å². The number of carbonyl (C=O) groups excluding carboxylic acids is 1. The fourth-order valence-electron chi connectivity index (χ4n) is 3.98. The Bertz CT molecular complexity index is 837. The molecule has 0 radical (unpaired) electrons. The Labute approximate surface area is 176 Å². The second-order valence-corrected chi connectivity index (χ2v) is 8.60. The van der Waals surface area contributed by atoms with Crippen LogP contribution in [-0.4, -0.2) is 60.1 Å². The van der Waals surface area contributed by atoms with Crippen molar-refractivity contribution in [3.63, 3.8) is 0 Å². The van der Waals surface area contributed by atoms with Gasteiger partial charge in [-0.3, -0.25) is 9.69 Å². The maximum atomic E-state index is 13.0. The summed E-state index contributed by atoms with van der Waals surface area (Å²) in [6.07, 6.45) is 3.59. The summed E-state index contributed by atoms with van der Waals surface area (Å²) < 4.78 is 11.3. The topological polar surface area (TPSA) is 54.9 Å². The first-order valence-corrected chi connectivity index (χ1v) is 11.4. The highest BCUT2D eigenvalue weighted by atomic mass is 32.1. The zero-order valence-electron chi connectivity index (χ0n) is 17.3. The lowest BCUT2D eigenvalue weighted by molar-refractivity contribution is 0.0628. The monoisotopic (exact) mass is 415 g/mol. The highest BCUT2D eigenvalue weighted by Gasteiger charge is 2.24. The van der Waals surface area contributed by atoms with Crippen LogP contribution in [0.2, 0.25) is 0 Å². The van der Waals surface area contributed by atoms with Gasteiger partial charge in [-0.05, 0) is 51.3 Å². The minimum atomic E-state index is 0.0573. The molecule has 0 bridgehead atoms. The van der Waals surface area contributed by atoms with E-state index in [4.69, 9.17) is 14.5 Å². The Hall–Kier alpha value is -2.12. The van der Waals surface area contributed by atoms with Crippen LogP contribution < -0.4 is 9.47 Å². The van der Waals surface area contributed by atoms with E-state index >= 15 is 0 Å². The Morgan fingerprint density at radius 2 is 1.83 bits per heavy atom. The van der Waals surface area contributed by atoms with E-state index in [2.05, 4.69) is 4.90 Å². The predicted octanol–water partition coefficient (Wildman–Crippen LogP) is 3.39. The summed E-state index contributed by atoms with van der Waals surface area (Å²) in [5, 5.41) is 1.22. The molecule has 0 atom stereocenters. The maximum absolute atomic E-state index is 13.0. The first kappa shape index (κ1) is 20.2. The average molecular weight is 416 g/mol. The van der Waals surface area contributed by atoms with Gasteiger partial charge in [-0.15, -0.1) is 11.3 Å². The van der Waals surface area contributed by atoms with E-state index in [1.807, 2.05) is 42.2 Å². The number of benzene rings is 1. The van der Waals surface area contributed by atoms with Crippen molar-refractivity contribution in [2.24, 2.45) is 0 Å².